The van der Waals surface area contributed by atoms with Crippen LogP contribution in [0.15, 0.2) is 77.7 Å². The van der Waals surface area contributed by atoms with Gasteiger partial charge in [0.15, 0.2) is 0 Å². The maximum Gasteiger partial charge on any atom is 0.243 e. The first-order valence-electron chi connectivity index (χ1n) is 11.4. The van der Waals surface area contributed by atoms with Crippen molar-refractivity contribution in [3.05, 3.63) is 89.5 Å². The van der Waals surface area contributed by atoms with Gasteiger partial charge in [0, 0.05) is 19.2 Å². The number of benzene rings is 3. The molecule has 0 aliphatic heterocycles. The first-order chi connectivity index (χ1) is 16.3. The van der Waals surface area contributed by atoms with Crippen LogP contribution in [-0.2, 0) is 27.7 Å². The number of carbonyl (C=O) groups excluding carboxylic acids is 1. The fourth-order valence-corrected chi connectivity index (χ4v) is 5.34. The minimum atomic E-state index is -3.82. The van der Waals surface area contributed by atoms with E-state index in [0.29, 0.717) is 11.3 Å². The van der Waals surface area contributed by atoms with Crippen LogP contribution in [0.25, 0.3) is 0 Å². The molecule has 1 amide bonds. The lowest BCUT2D eigenvalue weighted by molar-refractivity contribution is -0.117. The van der Waals surface area contributed by atoms with Crippen molar-refractivity contribution in [2.45, 2.75) is 44.0 Å². The van der Waals surface area contributed by atoms with Crippen LogP contribution < -0.4 is 10.1 Å². The number of para-hydroxylation sites is 1. The Balaban J connectivity index is 1.95. The van der Waals surface area contributed by atoms with Gasteiger partial charge in [0.25, 0.3) is 0 Å². The highest BCUT2D eigenvalue weighted by molar-refractivity contribution is 7.89. The Bertz CT molecular complexity index is 1190. The fraction of sp³-hybridized carbons (Fsp3) is 0.296. The molecule has 34 heavy (non-hydrogen) atoms. The quantitative estimate of drug-likeness (QED) is 0.432. The molecule has 0 bridgehead atoms. The summed E-state index contributed by atoms with van der Waals surface area (Å²) in [6, 6.07) is 20.7. The number of sulfonamides is 1. The molecule has 6 nitrogen and oxygen atoms in total. The number of anilines is 1. The van der Waals surface area contributed by atoms with Crippen molar-refractivity contribution >= 4 is 21.6 Å². The minimum absolute atomic E-state index is 0.0317. The largest absolute Gasteiger partial charge is 0.497 e. The highest BCUT2D eigenvalue weighted by Crippen LogP contribution is 2.31. The lowest BCUT2D eigenvalue weighted by Gasteiger charge is -2.28. The average molecular weight is 481 g/mol. The zero-order valence-electron chi connectivity index (χ0n) is 20.1. The van der Waals surface area contributed by atoms with Crippen LogP contribution in [0.2, 0.25) is 0 Å². The fourth-order valence-electron chi connectivity index (χ4n) is 3.98. The Hall–Kier alpha value is -3.16. The van der Waals surface area contributed by atoms with E-state index in [1.165, 1.54) is 11.4 Å². The Labute approximate surface area is 202 Å². The predicted octanol–water partition coefficient (Wildman–Crippen LogP) is 5.21. The van der Waals surface area contributed by atoms with Gasteiger partial charge in [0.05, 0.1) is 18.0 Å². The van der Waals surface area contributed by atoms with Crippen molar-refractivity contribution < 1.29 is 17.9 Å². The number of hydrogen-bond acceptors (Lipinski definition) is 4. The Morgan fingerprint density at radius 2 is 1.50 bits per heavy atom. The smallest absolute Gasteiger partial charge is 0.243 e. The average Bonchev–Trinajstić information content (AvgIpc) is 2.87. The van der Waals surface area contributed by atoms with E-state index in [1.54, 1.807) is 61.7 Å². The maximum absolute atomic E-state index is 13.4. The lowest BCUT2D eigenvalue weighted by Crippen LogP contribution is -2.34. The number of nitrogens with zero attached hydrogens (tertiary/aromatic N) is 1. The third-order valence-corrected chi connectivity index (χ3v) is 7.88. The number of rotatable bonds is 10. The second kappa shape index (κ2) is 11.3. The van der Waals surface area contributed by atoms with E-state index in [4.69, 9.17) is 4.74 Å². The van der Waals surface area contributed by atoms with E-state index in [1.807, 2.05) is 32.0 Å². The van der Waals surface area contributed by atoms with Crippen LogP contribution in [0.3, 0.4) is 0 Å². The highest BCUT2D eigenvalue weighted by Gasteiger charge is 2.31. The predicted molar refractivity (Wildman–Crippen MR) is 136 cm³/mol. The molecule has 7 heteroatoms. The molecule has 1 N–H and O–H groups in total. The molecule has 0 spiro atoms. The highest BCUT2D eigenvalue weighted by atomic mass is 32.2. The minimum Gasteiger partial charge on any atom is -0.497 e. The molecule has 3 rings (SSSR count). The van der Waals surface area contributed by atoms with Crippen LogP contribution in [0, 0.1) is 0 Å². The van der Waals surface area contributed by atoms with E-state index in [2.05, 4.69) is 5.32 Å². The Morgan fingerprint density at radius 3 is 2.03 bits per heavy atom. The van der Waals surface area contributed by atoms with Gasteiger partial charge in [-0.1, -0.05) is 62.4 Å². The molecule has 1 atom stereocenters. The summed E-state index contributed by atoms with van der Waals surface area (Å²) < 4.78 is 33.3. The number of hydrogen-bond donors (Lipinski definition) is 1. The van der Waals surface area contributed by atoms with Gasteiger partial charge in [0.2, 0.25) is 15.9 Å². The topological polar surface area (TPSA) is 75.7 Å². The first-order valence-corrected chi connectivity index (χ1v) is 12.8. The normalized spacial score (nSPS) is 12.4. The molecule has 0 heterocycles. The summed E-state index contributed by atoms with van der Waals surface area (Å²) in [5.41, 5.74) is 3.63. The summed E-state index contributed by atoms with van der Waals surface area (Å²) in [6.45, 7) is 4.09. The molecule has 0 fully saturated rings. The molecule has 0 aliphatic carbocycles. The number of ether oxygens (including phenoxy) is 1. The van der Waals surface area contributed by atoms with Gasteiger partial charge < -0.3 is 10.1 Å². The molecule has 0 saturated carbocycles. The third kappa shape index (κ3) is 5.66. The van der Waals surface area contributed by atoms with Crippen LogP contribution in [0.4, 0.5) is 5.69 Å². The van der Waals surface area contributed by atoms with Gasteiger partial charge in [-0.05, 0) is 53.8 Å². The number of aryl methyl sites for hydroxylation is 2. The monoisotopic (exact) mass is 480 g/mol. The van der Waals surface area contributed by atoms with Gasteiger partial charge in [-0.15, -0.1) is 0 Å². The molecular formula is C27H32N2O4S. The first kappa shape index (κ1) is 25.5. The molecule has 0 saturated heterocycles. The van der Waals surface area contributed by atoms with Gasteiger partial charge in [-0.3, -0.25) is 4.79 Å². The summed E-state index contributed by atoms with van der Waals surface area (Å²) in [7, 11) is -0.736. The maximum atomic E-state index is 13.4. The molecule has 0 radical (unpaired) electrons. The summed E-state index contributed by atoms with van der Waals surface area (Å²) in [4.78, 5) is 13.4. The second-order valence-corrected chi connectivity index (χ2v) is 10.0. The van der Waals surface area contributed by atoms with Crippen molar-refractivity contribution in [1.29, 1.82) is 0 Å². The van der Waals surface area contributed by atoms with E-state index >= 15 is 0 Å². The number of amides is 1. The molecule has 3 aromatic rings. The zero-order chi connectivity index (χ0) is 24.7. The summed E-state index contributed by atoms with van der Waals surface area (Å²) >= 11 is 0. The van der Waals surface area contributed by atoms with Crippen LogP contribution in [0.1, 0.15) is 43.0 Å². The molecular weight excluding hydrogens is 448 g/mol. The lowest BCUT2D eigenvalue weighted by atomic mass is 10.0. The van der Waals surface area contributed by atoms with E-state index in [-0.39, 0.29) is 17.2 Å². The summed E-state index contributed by atoms with van der Waals surface area (Å²) in [5, 5.41) is 3.06. The van der Waals surface area contributed by atoms with Crippen molar-refractivity contribution in [2.24, 2.45) is 0 Å². The van der Waals surface area contributed by atoms with E-state index in [9.17, 15) is 13.2 Å². The summed E-state index contributed by atoms with van der Waals surface area (Å²) in [6.07, 6.45) is 1.54. The van der Waals surface area contributed by atoms with E-state index in [0.717, 1.165) is 29.7 Å². The third-order valence-electron chi connectivity index (χ3n) is 6.00. The number of carbonyl (C=O) groups is 1. The zero-order valence-corrected chi connectivity index (χ0v) is 20.9. The molecule has 3 aromatic carbocycles. The van der Waals surface area contributed by atoms with Gasteiger partial charge in [-0.2, -0.15) is 4.31 Å². The van der Waals surface area contributed by atoms with Crippen molar-refractivity contribution in [2.75, 3.05) is 19.5 Å². The second-order valence-electron chi connectivity index (χ2n) is 8.03. The number of methoxy groups -OCH3 is 1. The molecule has 0 aromatic heterocycles. The molecule has 0 aliphatic rings. The molecule has 0 unspecified atom stereocenters. The Morgan fingerprint density at radius 1 is 0.912 bits per heavy atom. The SMILES string of the molecule is CCc1cccc(CC)c1NC(=O)C[C@H](c1ccc(OC)cc1)N(C)S(=O)(=O)c1ccccc1. The van der Waals surface area contributed by atoms with Gasteiger partial charge in [-0.25, -0.2) is 8.42 Å². The standard InChI is InChI=1S/C27H32N2O4S/c1-5-20-11-10-12-21(6-2)27(20)28-26(30)19-25(22-15-17-23(33-4)18-16-22)29(3)34(31,32)24-13-8-7-9-14-24/h7-18,25H,5-6,19H2,1-4H3,(H,28,30)/t25-/m1/s1. The van der Waals surface area contributed by atoms with Gasteiger partial charge in [0.1, 0.15) is 5.75 Å². The van der Waals surface area contributed by atoms with Crippen LogP contribution >= 0.6 is 0 Å². The van der Waals surface area contributed by atoms with Crippen molar-refractivity contribution in [3.8, 4) is 5.75 Å². The van der Waals surface area contributed by atoms with E-state index < -0.39 is 16.1 Å². The summed E-state index contributed by atoms with van der Waals surface area (Å²) in [5.74, 6) is 0.413. The molecule has 180 valence electrons. The van der Waals surface area contributed by atoms with Crippen LogP contribution in [0.5, 0.6) is 5.75 Å². The van der Waals surface area contributed by atoms with Crippen molar-refractivity contribution in [3.63, 3.8) is 0 Å². The number of nitrogens with one attached hydrogen (secondary N) is 1. The van der Waals surface area contributed by atoms with Gasteiger partial charge >= 0.3 is 0 Å². The van der Waals surface area contributed by atoms with Crippen molar-refractivity contribution in [1.82, 2.24) is 4.31 Å². The Kier molecular flexibility index (Phi) is 8.47. The van der Waals surface area contributed by atoms with Crippen LogP contribution in [-0.4, -0.2) is 32.8 Å².